The first-order valence-electron chi connectivity index (χ1n) is 22.6. The van der Waals surface area contributed by atoms with Gasteiger partial charge in [0, 0.05) is 17.6 Å². The van der Waals surface area contributed by atoms with Crippen LogP contribution in [0.1, 0.15) is 33.9 Å². The number of hydrogen-bond acceptors (Lipinski definition) is 3. The van der Waals surface area contributed by atoms with Gasteiger partial charge in [-0.3, -0.25) is 0 Å². The lowest BCUT2D eigenvalue weighted by atomic mass is 9.92. The number of aryl methyl sites for hydroxylation is 2. The SMILES string of the molecule is C=C(c1nc(Cc2cccc(-c3cccc(C)c3)c2)nc(-c2cccc(-c3cccc([Si](c4ccccc4)(c4ccccc4)c4ccccc4)c3)c2)n1)c1ccccc1-c1ccccc1C. The van der Waals surface area contributed by atoms with Crippen molar-refractivity contribution < 1.29 is 0 Å². The van der Waals surface area contributed by atoms with Crippen LogP contribution in [0.15, 0.2) is 243 Å². The van der Waals surface area contributed by atoms with Gasteiger partial charge < -0.3 is 0 Å². The normalized spacial score (nSPS) is 11.3. The Labute approximate surface area is 389 Å². The molecule has 0 aliphatic heterocycles. The van der Waals surface area contributed by atoms with Gasteiger partial charge in [-0.25, -0.2) is 15.0 Å². The molecular formula is C62H49N3Si. The van der Waals surface area contributed by atoms with Crippen LogP contribution in [0.25, 0.3) is 50.3 Å². The van der Waals surface area contributed by atoms with Crippen LogP contribution in [-0.4, -0.2) is 23.0 Å². The molecule has 0 atom stereocenters. The van der Waals surface area contributed by atoms with Crippen LogP contribution in [0.5, 0.6) is 0 Å². The Hall–Kier alpha value is -8.05. The summed E-state index contributed by atoms with van der Waals surface area (Å²) in [5.74, 6) is 1.85. The van der Waals surface area contributed by atoms with Gasteiger partial charge in [0.25, 0.3) is 0 Å². The average molecular weight is 864 g/mol. The number of aromatic nitrogens is 3. The minimum Gasteiger partial charge on any atom is -0.213 e. The molecular weight excluding hydrogens is 815 g/mol. The quantitative estimate of drug-likeness (QED) is 0.0907. The highest BCUT2D eigenvalue weighted by Crippen LogP contribution is 2.34. The maximum atomic E-state index is 5.25. The zero-order valence-corrected chi connectivity index (χ0v) is 38.3. The molecule has 0 saturated heterocycles. The summed E-state index contributed by atoms with van der Waals surface area (Å²) in [6.45, 7) is 8.96. The summed E-state index contributed by atoms with van der Waals surface area (Å²) in [5.41, 5.74) is 13.0. The van der Waals surface area contributed by atoms with Gasteiger partial charge in [-0.15, -0.1) is 0 Å². The fourth-order valence-corrected chi connectivity index (χ4v) is 14.2. The molecule has 0 aliphatic rings. The van der Waals surface area contributed by atoms with Crippen molar-refractivity contribution in [3.8, 4) is 44.8 Å². The molecule has 0 fully saturated rings. The Balaban J connectivity index is 1.09. The number of hydrogen-bond donors (Lipinski definition) is 0. The maximum absolute atomic E-state index is 5.25. The molecule has 0 unspecified atom stereocenters. The Morgan fingerprint density at radius 3 is 1.56 bits per heavy atom. The molecule has 0 radical (unpaired) electrons. The highest BCUT2D eigenvalue weighted by atomic mass is 28.3. The topological polar surface area (TPSA) is 38.7 Å². The van der Waals surface area contributed by atoms with Crippen molar-refractivity contribution in [2.45, 2.75) is 20.3 Å². The first-order valence-corrected chi connectivity index (χ1v) is 24.6. The highest BCUT2D eigenvalue weighted by molar-refractivity contribution is 7.19. The van der Waals surface area contributed by atoms with Crippen LogP contribution in [0.3, 0.4) is 0 Å². The average Bonchev–Trinajstić information content (AvgIpc) is 3.38. The predicted octanol–water partition coefficient (Wildman–Crippen LogP) is 12.2. The van der Waals surface area contributed by atoms with Crippen LogP contribution in [0.2, 0.25) is 0 Å². The van der Waals surface area contributed by atoms with Crippen LogP contribution in [-0.2, 0) is 6.42 Å². The minimum atomic E-state index is -2.74. The molecule has 0 bridgehead atoms. The fraction of sp³-hybridized carbons (Fsp3) is 0.0484. The number of nitrogens with zero attached hydrogens (tertiary/aromatic N) is 3. The second-order valence-corrected chi connectivity index (χ2v) is 20.8. The summed E-state index contributed by atoms with van der Waals surface area (Å²) < 4.78 is 0. The second kappa shape index (κ2) is 18.6. The van der Waals surface area contributed by atoms with Crippen LogP contribution in [0.4, 0.5) is 0 Å². The zero-order chi connectivity index (χ0) is 44.9. The van der Waals surface area contributed by atoms with E-state index >= 15 is 0 Å². The monoisotopic (exact) mass is 863 g/mol. The smallest absolute Gasteiger partial charge is 0.179 e. The molecule has 10 aromatic rings. The molecule has 0 saturated carbocycles. The molecule has 3 nitrogen and oxygen atoms in total. The van der Waals surface area contributed by atoms with E-state index in [2.05, 4.69) is 257 Å². The van der Waals surface area contributed by atoms with Crippen LogP contribution < -0.4 is 20.7 Å². The fourth-order valence-electron chi connectivity index (χ4n) is 9.44. The van der Waals surface area contributed by atoms with Gasteiger partial charge in [0.1, 0.15) is 5.82 Å². The minimum absolute atomic E-state index is 0.530. The van der Waals surface area contributed by atoms with Crippen LogP contribution >= 0.6 is 0 Å². The zero-order valence-electron chi connectivity index (χ0n) is 37.3. The number of rotatable bonds is 12. The van der Waals surface area contributed by atoms with E-state index in [4.69, 9.17) is 15.0 Å². The summed E-state index contributed by atoms with van der Waals surface area (Å²) in [6, 6.07) is 85.2. The van der Waals surface area contributed by atoms with Gasteiger partial charge in [0.2, 0.25) is 0 Å². The Morgan fingerprint density at radius 2 is 0.909 bits per heavy atom. The molecule has 0 amide bonds. The molecule has 316 valence electrons. The molecule has 9 aromatic carbocycles. The second-order valence-electron chi connectivity index (χ2n) is 17.0. The van der Waals surface area contributed by atoms with Crippen molar-refractivity contribution >= 4 is 34.4 Å². The predicted molar refractivity (Wildman–Crippen MR) is 278 cm³/mol. The Kier molecular flexibility index (Phi) is 11.8. The lowest BCUT2D eigenvalue weighted by molar-refractivity contribution is 0.911. The van der Waals surface area contributed by atoms with E-state index in [0.717, 1.165) is 50.1 Å². The molecule has 4 heteroatoms. The van der Waals surface area contributed by atoms with Crippen molar-refractivity contribution in [2.75, 3.05) is 0 Å². The summed E-state index contributed by atoms with van der Waals surface area (Å²) in [7, 11) is -2.74. The van der Waals surface area contributed by atoms with E-state index in [1.807, 2.05) is 0 Å². The van der Waals surface area contributed by atoms with Crippen molar-refractivity contribution in [3.05, 3.63) is 277 Å². The molecule has 1 heterocycles. The molecule has 1 aromatic heterocycles. The summed E-state index contributed by atoms with van der Waals surface area (Å²) in [5, 5.41) is 5.34. The van der Waals surface area contributed by atoms with E-state index in [9.17, 15) is 0 Å². The Morgan fingerprint density at radius 1 is 0.409 bits per heavy atom. The molecule has 66 heavy (non-hydrogen) atoms. The highest BCUT2D eigenvalue weighted by Gasteiger charge is 2.41. The standard InChI is InChI=1S/C62H49N3Si/c1-44-21-17-24-48(39-44)49-25-18-23-47(40-49)41-60-63-61(46(3)58-37-15-16-38-59(58)57-36-14-13-22-45(57)2)65-62(64-60)52-28-19-26-50(42-52)51-27-20-35-56(43-51)66(53-29-7-4-8-30-53,54-31-9-5-10-32-54)55-33-11-6-12-34-55/h4-40,42-43H,3,41H2,1-2H3. The molecule has 0 spiro atoms. The number of benzene rings is 9. The van der Waals surface area contributed by atoms with Gasteiger partial charge in [-0.2, -0.15) is 0 Å². The Bertz CT molecular complexity index is 3230. The van der Waals surface area contributed by atoms with Gasteiger partial charge in [0.05, 0.1) is 0 Å². The molecule has 0 aliphatic carbocycles. The lowest BCUT2D eigenvalue weighted by Gasteiger charge is -2.34. The van der Waals surface area contributed by atoms with Crippen molar-refractivity contribution in [1.82, 2.24) is 15.0 Å². The van der Waals surface area contributed by atoms with Crippen LogP contribution in [0, 0.1) is 13.8 Å². The van der Waals surface area contributed by atoms with Gasteiger partial charge in [-0.05, 0) is 90.7 Å². The van der Waals surface area contributed by atoms with Gasteiger partial charge >= 0.3 is 0 Å². The third-order valence-electron chi connectivity index (χ3n) is 12.6. The van der Waals surface area contributed by atoms with E-state index in [-0.39, 0.29) is 0 Å². The maximum Gasteiger partial charge on any atom is 0.179 e. The first-order chi connectivity index (χ1) is 32.4. The third-order valence-corrected chi connectivity index (χ3v) is 17.4. The largest absolute Gasteiger partial charge is 0.213 e. The van der Waals surface area contributed by atoms with E-state index in [1.165, 1.54) is 37.4 Å². The van der Waals surface area contributed by atoms with Gasteiger partial charge in [-0.1, -0.05) is 243 Å². The van der Waals surface area contributed by atoms with E-state index in [0.29, 0.717) is 23.9 Å². The molecule has 0 N–H and O–H groups in total. The van der Waals surface area contributed by atoms with Gasteiger partial charge in [0.15, 0.2) is 19.7 Å². The van der Waals surface area contributed by atoms with E-state index in [1.54, 1.807) is 0 Å². The molecule has 10 rings (SSSR count). The van der Waals surface area contributed by atoms with Crippen molar-refractivity contribution in [3.63, 3.8) is 0 Å². The first kappa shape index (κ1) is 41.9. The summed E-state index contributed by atoms with van der Waals surface area (Å²) in [4.78, 5) is 15.7. The lowest BCUT2D eigenvalue weighted by Crippen LogP contribution is -2.74. The van der Waals surface area contributed by atoms with E-state index < -0.39 is 8.07 Å². The van der Waals surface area contributed by atoms with Crippen molar-refractivity contribution in [1.29, 1.82) is 0 Å². The summed E-state index contributed by atoms with van der Waals surface area (Å²) >= 11 is 0. The third kappa shape index (κ3) is 8.38. The summed E-state index contributed by atoms with van der Waals surface area (Å²) in [6.07, 6.45) is 0.530. The van der Waals surface area contributed by atoms with Crippen molar-refractivity contribution in [2.24, 2.45) is 0 Å².